The van der Waals surface area contributed by atoms with Crippen LogP contribution in [0.4, 0.5) is 17.1 Å². The van der Waals surface area contributed by atoms with Crippen molar-refractivity contribution in [1.29, 1.82) is 0 Å². The Labute approximate surface area is 130 Å². The van der Waals surface area contributed by atoms with Gasteiger partial charge in [-0.3, -0.25) is 14.9 Å². The Morgan fingerprint density at radius 1 is 1.27 bits per heavy atom. The highest BCUT2D eigenvalue weighted by atomic mass is 16.6. The van der Waals surface area contributed by atoms with Gasteiger partial charge in [-0.2, -0.15) is 0 Å². The minimum absolute atomic E-state index is 0.000119. The van der Waals surface area contributed by atoms with Gasteiger partial charge < -0.3 is 10.6 Å². The molecule has 0 spiro atoms. The number of nitrogens with one attached hydrogen (secondary N) is 2. The molecular weight excluding hydrogens is 282 g/mol. The van der Waals surface area contributed by atoms with Crippen LogP contribution in [-0.2, 0) is 4.79 Å². The van der Waals surface area contributed by atoms with Crippen molar-refractivity contribution in [1.82, 2.24) is 0 Å². The molecule has 6 nitrogen and oxygen atoms in total. The number of rotatable bonds is 5. The van der Waals surface area contributed by atoms with Crippen LogP contribution in [0.2, 0.25) is 0 Å². The largest absolute Gasteiger partial charge is 0.379 e. The molecule has 1 aliphatic carbocycles. The first-order valence-electron chi connectivity index (χ1n) is 7.86. The Morgan fingerprint density at radius 3 is 2.55 bits per heavy atom. The van der Waals surface area contributed by atoms with Crippen molar-refractivity contribution < 1.29 is 9.72 Å². The number of nitrogens with zero attached hydrogens (tertiary/aromatic N) is 1. The van der Waals surface area contributed by atoms with E-state index in [0.717, 1.165) is 6.54 Å². The van der Waals surface area contributed by atoms with Crippen LogP contribution in [0.1, 0.15) is 45.4 Å². The molecule has 0 unspecified atom stereocenters. The van der Waals surface area contributed by atoms with E-state index in [-0.39, 0.29) is 11.6 Å². The lowest BCUT2D eigenvalue weighted by atomic mass is 10.0. The number of carbonyl (C=O) groups excluding carboxylic acids is 1. The summed E-state index contributed by atoms with van der Waals surface area (Å²) < 4.78 is 0. The van der Waals surface area contributed by atoms with Crippen LogP contribution in [0.15, 0.2) is 18.2 Å². The van der Waals surface area contributed by atoms with Crippen molar-refractivity contribution in [3.05, 3.63) is 28.3 Å². The standard InChI is InChI=1S/C16H23N3O3/c1-12(20)18-14-8-9-15(16(10-14)19(21)22)17-11-13-6-4-2-3-5-7-13/h8-10,13,17H,2-7,11H2,1H3,(H,18,20). The molecule has 0 bridgehead atoms. The van der Waals surface area contributed by atoms with Gasteiger partial charge in [0.05, 0.1) is 4.92 Å². The highest BCUT2D eigenvalue weighted by Crippen LogP contribution is 2.29. The summed E-state index contributed by atoms with van der Waals surface area (Å²) in [6.07, 6.45) is 7.45. The molecule has 0 radical (unpaired) electrons. The fraction of sp³-hybridized carbons (Fsp3) is 0.562. The molecule has 0 atom stereocenters. The van der Waals surface area contributed by atoms with E-state index in [1.165, 1.54) is 51.5 Å². The number of carbonyl (C=O) groups is 1. The predicted molar refractivity (Wildman–Crippen MR) is 87.1 cm³/mol. The summed E-state index contributed by atoms with van der Waals surface area (Å²) in [5, 5.41) is 17.0. The van der Waals surface area contributed by atoms with E-state index < -0.39 is 4.92 Å². The van der Waals surface area contributed by atoms with E-state index in [4.69, 9.17) is 0 Å². The minimum atomic E-state index is -0.416. The second-order valence-electron chi connectivity index (χ2n) is 5.91. The van der Waals surface area contributed by atoms with E-state index in [1.54, 1.807) is 12.1 Å². The number of hydrogen-bond donors (Lipinski definition) is 2. The number of nitro benzene ring substituents is 1. The van der Waals surface area contributed by atoms with Crippen LogP contribution in [0, 0.1) is 16.0 Å². The molecule has 1 aliphatic rings. The van der Waals surface area contributed by atoms with Crippen LogP contribution in [0.5, 0.6) is 0 Å². The molecule has 0 aromatic heterocycles. The van der Waals surface area contributed by atoms with Gasteiger partial charge in [-0.25, -0.2) is 0 Å². The van der Waals surface area contributed by atoms with Crippen molar-refractivity contribution in [2.75, 3.05) is 17.2 Å². The Bertz CT molecular complexity index is 537. The van der Waals surface area contributed by atoms with Crippen molar-refractivity contribution in [2.45, 2.75) is 45.4 Å². The zero-order chi connectivity index (χ0) is 15.9. The van der Waals surface area contributed by atoms with Gasteiger partial charge in [0.15, 0.2) is 0 Å². The predicted octanol–water partition coefficient (Wildman–Crippen LogP) is 3.94. The Hall–Kier alpha value is -2.11. The van der Waals surface area contributed by atoms with E-state index in [2.05, 4.69) is 10.6 Å². The second kappa shape index (κ2) is 7.77. The highest BCUT2D eigenvalue weighted by Gasteiger charge is 2.17. The number of benzene rings is 1. The highest BCUT2D eigenvalue weighted by molar-refractivity contribution is 5.89. The maximum absolute atomic E-state index is 11.2. The van der Waals surface area contributed by atoms with Crippen molar-refractivity contribution in [2.24, 2.45) is 5.92 Å². The minimum Gasteiger partial charge on any atom is -0.379 e. The monoisotopic (exact) mass is 305 g/mol. The van der Waals surface area contributed by atoms with Crippen molar-refractivity contribution >= 4 is 23.0 Å². The first kappa shape index (κ1) is 16.3. The molecule has 6 heteroatoms. The lowest BCUT2D eigenvalue weighted by Gasteiger charge is -2.16. The van der Waals surface area contributed by atoms with Crippen LogP contribution in [-0.4, -0.2) is 17.4 Å². The third kappa shape index (κ3) is 4.72. The van der Waals surface area contributed by atoms with Crippen LogP contribution < -0.4 is 10.6 Å². The summed E-state index contributed by atoms with van der Waals surface area (Å²) >= 11 is 0. The maximum atomic E-state index is 11.2. The van der Waals surface area contributed by atoms with Crippen molar-refractivity contribution in [3.8, 4) is 0 Å². The lowest BCUT2D eigenvalue weighted by molar-refractivity contribution is -0.383. The third-order valence-corrected chi connectivity index (χ3v) is 4.07. The first-order valence-corrected chi connectivity index (χ1v) is 7.86. The van der Waals surface area contributed by atoms with Gasteiger partial charge in [0.25, 0.3) is 5.69 Å². The molecule has 1 amide bonds. The zero-order valence-electron chi connectivity index (χ0n) is 12.9. The Kier molecular flexibility index (Phi) is 5.75. The summed E-state index contributed by atoms with van der Waals surface area (Å²) in [6.45, 7) is 2.14. The third-order valence-electron chi connectivity index (χ3n) is 4.07. The number of anilines is 2. The van der Waals surface area contributed by atoms with Gasteiger partial charge in [-0.15, -0.1) is 0 Å². The topological polar surface area (TPSA) is 84.3 Å². The molecule has 1 aromatic carbocycles. The van der Waals surface area contributed by atoms with Gasteiger partial charge >= 0.3 is 0 Å². The van der Waals surface area contributed by atoms with Crippen LogP contribution in [0.25, 0.3) is 0 Å². The molecule has 2 rings (SSSR count). The summed E-state index contributed by atoms with van der Waals surface area (Å²) in [6, 6.07) is 4.75. The second-order valence-corrected chi connectivity index (χ2v) is 5.91. The summed E-state index contributed by atoms with van der Waals surface area (Å²) in [5.74, 6) is 0.339. The average molecular weight is 305 g/mol. The zero-order valence-corrected chi connectivity index (χ0v) is 12.9. The fourth-order valence-corrected chi connectivity index (χ4v) is 2.94. The van der Waals surface area contributed by atoms with E-state index >= 15 is 0 Å². The Balaban J connectivity index is 2.05. The first-order chi connectivity index (χ1) is 10.6. The number of amides is 1. The van der Waals surface area contributed by atoms with Crippen LogP contribution in [0.3, 0.4) is 0 Å². The van der Waals surface area contributed by atoms with Gasteiger partial charge in [-0.05, 0) is 30.9 Å². The molecule has 0 heterocycles. The van der Waals surface area contributed by atoms with Crippen molar-refractivity contribution in [3.63, 3.8) is 0 Å². The average Bonchev–Trinajstić information content (AvgIpc) is 2.73. The SMILES string of the molecule is CC(=O)Nc1ccc(NCC2CCCCCC2)c([N+](=O)[O-])c1. The van der Waals surface area contributed by atoms with Gasteiger partial charge in [0.2, 0.25) is 5.91 Å². The quantitative estimate of drug-likeness (QED) is 0.490. The molecule has 120 valence electrons. The summed E-state index contributed by atoms with van der Waals surface area (Å²) in [4.78, 5) is 21.9. The Morgan fingerprint density at radius 2 is 1.95 bits per heavy atom. The van der Waals surface area contributed by atoms with E-state index in [0.29, 0.717) is 17.3 Å². The normalized spacial score (nSPS) is 15.9. The smallest absolute Gasteiger partial charge is 0.294 e. The fourth-order valence-electron chi connectivity index (χ4n) is 2.94. The molecule has 22 heavy (non-hydrogen) atoms. The van der Waals surface area contributed by atoms with Gasteiger partial charge in [-0.1, -0.05) is 25.7 Å². The molecule has 1 aromatic rings. The van der Waals surface area contributed by atoms with E-state index in [9.17, 15) is 14.9 Å². The maximum Gasteiger partial charge on any atom is 0.294 e. The van der Waals surface area contributed by atoms with Gasteiger partial charge in [0, 0.05) is 25.2 Å². The molecule has 2 N–H and O–H groups in total. The van der Waals surface area contributed by atoms with Crippen LogP contribution >= 0.6 is 0 Å². The summed E-state index contributed by atoms with van der Waals surface area (Å²) in [7, 11) is 0. The molecule has 1 fully saturated rings. The van der Waals surface area contributed by atoms with Gasteiger partial charge in [0.1, 0.15) is 5.69 Å². The van der Waals surface area contributed by atoms with E-state index in [1.807, 2.05) is 0 Å². The number of nitro groups is 1. The summed E-state index contributed by atoms with van der Waals surface area (Å²) in [5.41, 5.74) is 0.961. The molecule has 1 saturated carbocycles. The number of hydrogen-bond acceptors (Lipinski definition) is 4. The molecule has 0 aliphatic heterocycles. The molecular formula is C16H23N3O3. The lowest BCUT2D eigenvalue weighted by Crippen LogP contribution is -2.14. The molecule has 0 saturated heterocycles.